The van der Waals surface area contributed by atoms with Gasteiger partial charge in [0.15, 0.2) is 0 Å². The van der Waals surface area contributed by atoms with E-state index in [-0.39, 0.29) is 11.4 Å². The third-order valence-electron chi connectivity index (χ3n) is 2.61. The van der Waals surface area contributed by atoms with Crippen molar-refractivity contribution < 1.29 is 14.8 Å². The van der Waals surface area contributed by atoms with E-state index in [4.69, 9.17) is 16.7 Å². The lowest BCUT2D eigenvalue weighted by molar-refractivity contribution is -0.383. The first-order valence-electron chi connectivity index (χ1n) is 5.51. The molecule has 0 radical (unpaired) electrons. The van der Waals surface area contributed by atoms with E-state index in [0.717, 1.165) is 5.56 Å². The number of nitro groups is 1. The normalized spacial score (nSPS) is 10.1. The van der Waals surface area contributed by atoms with Crippen molar-refractivity contribution in [3.05, 3.63) is 57.6 Å². The third-order valence-corrected chi connectivity index (χ3v) is 2.87. The molecule has 0 atom stereocenters. The fourth-order valence-corrected chi connectivity index (χ4v) is 1.85. The Hall–Kier alpha value is -2.60. The number of hydrogen-bond donors (Lipinski definition) is 2. The zero-order valence-electron chi connectivity index (χ0n) is 10.0. The summed E-state index contributed by atoms with van der Waals surface area (Å²) in [7, 11) is 0. The number of rotatable bonds is 3. The van der Waals surface area contributed by atoms with Crippen molar-refractivity contribution in [1.82, 2.24) is 0 Å². The number of halogens is 1. The molecule has 0 fully saturated rings. The fraction of sp³-hybridized carbons (Fsp3) is 0. The van der Waals surface area contributed by atoms with Crippen LogP contribution in [0.4, 0.5) is 16.2 Å². The van der Waals surface area contributed by atoms with Crippen LogP contribution < -0.4 is 5.32 Å². The Kier molecular flexibility index (Phi) is 3.86. The number of nitrogens with one attached hydrogen (secondary N) is 1. The van der Waals surface area contributed by atoms with Crippen LogP contribution in [-0.4, -0.2) is 16.1 Å². The molecule has 2 rings (SSSR count). The quantitative estimate of drug-likeness (QED) is 0.660. The Balaban J connectivity index is 2.47. The van der Waals surface area contributed by atoms with Crippen LogP contribution >= 0.6 is 11.6 Å². The highest BCUT2D eigenvalue weighted by atomic mass is 35.5. The molecular weight excluding hydrogens is 284 g/mol. The van der Waals surface area contributed by atoms with Gasteiger partial charge in [0.05, 0.1) is 4.92 Å². The molecule has 6 nitrogen and oxygen atoms in total. The molecule has 2 aromatic carbocycles. The molecule has 102 valence electrons. The molecule has 0 saturated carbocycles. The van der Waals surface area contributed by atoms with Crippen LogP contribution in [0.25, 0.3) is 11.1 Å². The molecule has 1 amide bonds. The van der Waals surface area contributed by atoms with Crippen LogP contribution in [0.5, 0.6) is 0 Å². The molecule has 0 spiro atoms. The highest BCUT2D eigenvalue weighted by molar-refractivity contribution is 6.30. The average Bonchev–Trinajstić information content (AvgIpc) is 2.39. The summed E-state index contributed by atoms with van der Waals surface area (Å²) in [5.41, 5.74) is 0.976. The summed E-state index contributed by atoms with van der Waals surface area (Å²) in [5, 5.41) is 22.2. The first kappa shape index (κ1) is 13.8. The van der Waals surface area contributed by atoms with Crippen molar-refractivity contribution in [3.63, 3.8) is 0 Å². The van der Waals surface area contributed by atoms with E-state index < -0.39 is 11.0 Å². The van der Waals surface area contributed by atoms with Gasteiger partial charge in [-0.25, -0.2) is 4.79 Å². The molecule has 0 bridgehead atoms. The SMILES string of the molecule is O=C(O)Nc1ccc(-c2ccc(Cl)cc2)cc1[N+](=O)[O-]. The average molecular weight is 293 g/mol. The largest absolute Gasteiger partial charge is 0.465 e. The van der Waals surface area contributed by atoms with E-state index >= 15 is 0 Å². The number of carboxylic acid groups (broad SMARTS) is 1. The number of amides is 1. The van der Waals surface area contributed by atoms with Gasteiger partial charge < -0.3 is 5.11 Å². The summed E-state index contributed by atoms with van der Waals surface area (Å²) in [6.07, 6.45) is -1.35. The molecular formula is C13H9ClN2O4. The van der Waals surface area contributed by atoms with Gasteiger partial charge in [-0.05, 0) is 29.3 Å². The van der Waals surface area contributed by atoms with E-state index in [2.05, 4.69) is 0 Å². The molecule has 0 aliphatic rings. The minimum Gasteiger partial charge on any atom is -0.465 e. The maximum Gasteiger partial charge on any atom is 0.409 e. The molecule has 2 aromatic rings. The smallest absolute Gasteiger partial charge is 0.409 e. The Morgan fingerprint density at radius 3 is 2.30 bits per heavy atom. The second-order valence-corrected chi connectivity index (χ2v) is 4.36. The van der Waals surface area contributed by atoms with Gasteiger partial charge in [0.25, 0.3) is 5.69 Å². The highest BCUT2D eigenvalue weighted by Gasteiger charge is 2.16. The van der Waals surface area contributed by atoms with Gasteiger partial charge in [0, 0.05) is 11.1 Å². The number of anilines is 1. The lowest BCUT2D eigenvalue weighted by Gasteiger charge is -2.06. The molecule has 0 aromatic heterocycles. The van der Waals surface area contributed by atoms with Gasteiger partial charge in [0.1, 0.15) is 5.69 Å². The van der Waals surface area contributed by atoms with Crippen LogP contribution in [0.3, 0.4) is 0 Å². The van der Waals surface area contributed by atoms with Crippen LogP contribution in [0.1, 0.15) is 0 Å². The Labute approximate surface area is 118 Å². The zero-order valence-corrected chi connectivity index (χ0v) is 10.8. The van der Waals surface area contributed by atoms with Crippen molar-refractivity contribution in [2.45, 2.75) is 0 Å². The number of hydrogen-bond acceptors (Lipinski definition) is 3. The number of nitro benzene ring substituents is 1. The predicted octanol–water partition coefficient (Wildman–Crippen LogP) is 4.01. The zero-order chi connectivity index (χ0) is 14.7. The van der Waals surface area contributed by atoms with Gasteiger partial charge in [-0.1, -0.05) is 29.8 Å². The van der Waals surface area contributed by atoms with Crippen LogP contribution in [-0.2, 0) is 0 Å². The van der Waals surface area contributed by atoms with Gasteiger partial charge in [-0.2, -0.15) is 0 Å². The third kappa shape index (κ3) is 3.04. The molecule has 0 unspecified atom stereocenters. The van der Waals surface area contributed by atoms with Crippen LogP contribution in [0, 0.1) is 10.1 Å². The minimum absolute atomic E-state index is 0.0692. The molecule has 0 saturated heterocycles. The second-order valence-electron chi connectivity index (χ2n) is 3.93. The van der Waals surface area contributed by atoms with Crippen molar-refractivity contribution in [2.24, 2.45) is 0 Å². The first-order valence-corrected chi connectivity index (χ1v) is 5.89. The molecule has 2 N–H and O–H groups in total. The van der Waals surface area contributed by atoms with E-state index in [9.17, 15) is 14.9 Å². The van der Waals surface area contributed by atoms with E-state index in [0.29, 0.717) is 10.6 Å². The summed E-state index contributed by atoms with van der Waals surface area (Å²) in [5.74, 6) is 0. The van der Waals surface area contributed by atoms with Crippen molar-refractivity contribution in [1.29, 1.82) is 0 Å². The summed E-state index contributed by atoms with van der Waals surface area (Å²) in [6, 6.07) is 11.1. The minimum atomic E-state index is -1.35. The van der Waals surface area contributed by atoms with Crippen LogP contribution in [0.15, 0.2) is 42.5 Å². The standard InChI is InChI=1S/C13H9ClN2O4/c14-10-4-1-8(2-5-10)9-3-6-11(15-13(17)18)12(7-9)16(19)20/h1-7,15H,(H,17,18). The Bertz CT molecular complexity index is 671. The van der Waals surface area contributed by atoms with Gasteiger partial charge in [-0.3, -0.25) is 15.4 Å². The van der Waals surface area contributed by atoms with Crippen molar-refractivity contribution in [3.8, 4) is 11.1 Å². The lowest BCUT2D eigenvalue weighted by atomic mass is 10.0. The number of benzene rings is 2. The number of carbonyl (C=O) groups is 1. The molecule has 20 heavy (non-hydrogen) atoms. The van der Waals surface area contributed by atoms with Crippen molar-refractivity contribution in [2.75, 3.05) is 5.32 Å². The highest BCUT2D eigenvalue weighted by Crippen LogP contribution is 2.31. The molecule has 0 heterocycles. The summed E-state index contributed by atoms with van der Waals surface area (Å²) < 4.78 is 0. The topological polar surface area (TPSA) is 92.5 Å². The van der Waals surface area contributed by atoms with Crippen LogP contribution in [0.2, 0.25) is 5.02 Å². The van der Waals surface area contributed by atoms with Gasteiger partial charge >= 0.3 is 6.09 Å². The number of nitrogens with zero attached hydrogens (tertiary/aromatic N) is 1. The fourth-order valence-electron chi connectivity index (χ4n) is 1.73. The maximum absolute atomic E-state index is 11.0. The molecule has 0 aliphatic heterocycles. The maximum atomic E-state index is 11.0. The molecule has 7 heteroatoms. The van der Waals surface area contributed by atoms with E-state index in [1.54, 1.807) is 30.3 Å². The molecule has 0 aliphatic carbocycles. The Morgan fingerprint density at radius 2 is 1.75 bits per heavy atom. The first-order chi connectivity index (χ1) is 9.47. The monoisotopic (exact) mass is 292 g/mol. The van der Waals surface area contributed by atoms with Gasteiger partial charge in [0.2, 0.25) is 0 Å². The summed E-state index contributed by atoms with van der Waals surface area (Å²) in [6.45, 7) is 0. The summed E-state index contributed by atoms with van der Waals surface area (Å²) in [4.78, 5) is 20.9. The van der Waals surface area contributed by atoms with Crippen molar-refractivity contribution >= 4 is 29.1 Å². The van der Waals surface area contributed by atoms with E-state index in [1.807, 2.05) is 5.32 Å². The Morgan fingerprint density at radius 1 is 1.15 bits per heavy atom. The second kappa shape index (κ2) is 5.58. The summed E-state index contributed by atoms with van der Waals surface area (Å²) >= 11 is 5.78. The van der Waals surface area contributed by atoms with E-state index in [1.165, 1.54) is 12.1 Å². The predicted molar refractivity (Wildman–Crippen MR) is 75.2 cm³/mol. The van der Waals surface area contributed by atoms with Gasteiger partial charge in [-0.15, -0.1) is 0 Å². The lowest BCUT2D eigenvalue weighted by Crippen LogP contribution is -2.09.